The van der Waals surface area contributed by atoms with E-state index in [1.165, 1.54) is 0 Å². The number of para-hydroxylation sites is 1. The molecule has 0 unspecified atom stereocenters. The molecule has 0 aromatic heterocycles. The number of rotatable bonds is 4. The highest BCUT2D eigenvalue weighted by atomic mass is 16.6. The smallest absolute Gasteiger partial charge is 0.410 e. The minimum absolute atomic E-state index is 0.0484. The van der Waals surface area contributed by atoms with Crippen molar-refractivity contribution in [3.05, 3.63) is 78.4 Å². The van der Waals surface area contributed by atoms with E-state index < -0.39 is 0 Å². The van der Waals surface area contributed by atoms with Crippen molar-refractivity contribution in [3.63, 3.8) is 0 Å². The molecule has 5 heteroatoms. The molecule has 3 aromatic carbocycles. The Kier molecular flexibility index (Phi) is 5.75. The molecule has 3 aromatic rings. The van der Waals surface area contributed by atoms with E-state index in [0.717, 1.165) is 23.6 Å². The van der Waals surface area contributed by atoms with Crippen LogP contribution in [0.15, 0.2) is 72.8 Å². The van der Waals surface area contributed by atoms with Crippen molar-refractivity contribution < 1.29 is 14.3 Å². The van der Waals surface area contributed by atoms with Gasteiger partial charge in [-0.2, -0.15) is 0 Å². The lowest BCUT2D eigenvalue weighted by molar-refractivity contribution is 0.0933. The Morgan fingerprint density at radius 3 is 2.38 bits per heavy atom. The highest BCUT2D eigenvalue weighted by molar-refractivity contribution is 6.06. The minimum atomic E-state index is -0.311. The summed E-state index contributed by atoms with van der Waals surface area (Å²) < 4.78 is 5.40. The molecule has 1 fully saturated rings. The molecule has 0 spiro atoms. The normalized spacial score (nSPS) is 14.6. The third kappa shape index (κ3) is 4.57. The summed E-state index contributed by atoms with van der Waals surface area (Å²) in [6.45, 7) is 1.89. The first-order valence-electron chi connectivity index (χ1n) is 9.98. The molecule has 1 aliphatic rings. The van der Waals surface area contributed by atoms with Crippen molar-refractivity contribution in [2.45, 2.75) is 12.8 Å². The van der Waals surface area contributed by atoms with Crippen molar-refractivity contribution in [2.75, 3.05) is 19.6 Å². The van der Waals surface area contributed by atoms with Gasteiger partial charge in [0.05, 0.1) is 0 Å². The van der Waals surface area contributed by atoms with Crippen molar-refractivity contribution in [1.29, 1.82) is 0 Å². The first kappa shape index (κ1) is 19.0. The van der Waals surface area contributed by atoms with E-state index in [2.05, 4.69) is 5.32 Å². The number of carbonyl (C=O) groups is 2. The molecule has 0 atom stereocenters. The highest BCUT2D eigenvalue weighted by Crippen LogP contribution is 2.20. The number of ether oxygens (including phenoxy) is 1. The van der Waals surface area contributed by atoms with Crippen molar-refractivity contribution in [3.8, 4) is 5.75 Å². The molecule has 0 aliphatic carbocycles. The molecule has 2 amide bonds. The SMILES string of the molecule is O=C(NCC1CCN(C(=O)Oc2ccccc2)CC1)c1cccc2ccccc12. The fourth-order valence-electron chi connectivity index (χ4n) is 3.73. The van der Waals surface area contributed by atoms with Crippen LogP contribution in [0.25, 0.3) is 10.8 Å². The number of likely N-dealkylation sites (tertiary alicyclic amines) is 1. The van der Waals surface area contributed by atoms with Gasteiger partial charge in [-0.05, 0) is 47.7 Å². The zero-order chi connectivity index (χ0) is 20.1. The Morgan fingerprint density at radius 2 is 1.59 bits per heavy atom. The maximum atomic E-state index is 12.7. The second-order valence-electron chi connectivity index (χ2n) is 7.35. The van der Waals surface area contributed by atoms with E-state index in [9.17, 15) is 9.59 Å². The molecule has 1 N–H and O–H groups in total. The number of nitrogens with one attached hydrogen (secondary N) is 1. The maximum Gasteiger partial charge on any atom is 0.415 e. The van der Waals surface area contributed by atoms with Crippen LogP contribution < -0.4 is 10.1 Å². The largest absolute Gasteiger partial charge is 0.415 e. The number of piperidine rings is 1. The van der Waals surface area contributed by atoms with Gasteiger partial charge in [0, 0.05) is 25.2 Å². The van der Waals surface area contributed by atoms with Crippen LogP contribution in [0.5, 0.6) is 5.75 Å². The van der Waals surface area contributed by atoms with Gasteiger partial charge in [0.2, 0.25) is 0 Å². The number of amides is 2. The lowest BCUT2D eigenvalue weighted by Crippen LogP contribution is -2.42. The van der Waals surface area contributed by atoms with Gasteiger partial charge < -0.3 is 15.0 Å². The second kappa shape index (κ2) is 8.78. The molecule has 1 heterocycles. The zero-order valence-corrected chi connectivity index (χ0v) is 16.2. The number of hydrogen-bond donors (Lipinski definition) is 1. The number of nitrogens with zero attached hydrogens (tertiary/aromatic N) is 1. The maximum absolute atomic E-state index is 12.7. The van der Waals surface area contributed by atoms with Gasteiger partial charge in [0.15, 0.2) is 0 Å². The quantitative estimate of drug-likeness (QED) is 0.717. The Bertz CT molecular complexity index is 990. The van der Waals surface area contributed by atoms with Crippen LogP contribution in [0.1, 0.15) is 23.2 Å². The average Bonchev–Trinajstić information content (AvgIpc) is 2.78. The highest BCUT2D eigenvalue weighted by Gasteiger charge is 2.24. The molecular weight excluding hydrogens is 364 g/mol. The first-order chi connectivity index (χ1) is 14.2. The van der Waals surface area contributed by atoms with Crippen LogP contribution in [-0.4, -0.2) is 36.5 Å². The molecule has 4 rings (SSSR count). The summed E-state index contributed by atoms with van der Waals surface area (Å²) in [5.74, 6) is 0.865. The summed E-state index contributed by atoms with van der Waals surface area (Å²) in [5.41, 5.74) is 0.701. The van der Waals surface area contributed by atoms with E-state index in [-0.39, 0.29) is 12.0 Å². The lowest BCUT2D eigenvalue weighted by atomic mass is 9.96. The van der Waals surface area contributed by atoms with Crippen molar-refractivity contribution >= 4 is 22.8 Å². The molecule has 5 nitrogen and oxygen atoms in total. The van der Waals surface area contributed by atoms with Crippen LogP contribution in [0.2, 0.25) is 0 Å². The summed E-state index contributed by atoms with van der Waals surface area (Å²) in [6.07, 6.45) is 1.38. The van der Waals surface area contributed by atoms with E-state index in [1.54, 1.807) is 17.0 Å². The Hall–Kier alpha value is -3.34. The van der Waals surface area contributed by atoms with Crippen LogP contribution in [0, 0.1) is 5.92 Å². The minimum Gasteiger partial charge on any atom is -0.410 e. The Balaban J connectivity index is 1.27. The third-order valence-electron chi connectivity index (χ3n) is 5.41. The zero-order valence-electron chi connectivity index (χ0n) is 16.2. The number of fused-ring (bicyclic) bond motifs is 1. The van der Waals surface area contributed by atoms with Crippen LogP contribution in [-0.2, 0) is 0 Å². The molecular formula is C24H24N2O3. The van der Waals surface area contributed by atoms with E-state index in [1.807, 2.05) is 60.7 Å². The third-order valence-corrected chi connectivity index (χ3v) is 5.41. The van der Waals surface area contributed by atoms with Gasteiger partial charge in [-0.25, -0.2) is 4.79 Å². The van der Waals surface area contributed by atoms with E-state index >= 15 is 0 Å². The summed E-state index contributed by atoms with van der Waals surface area (Å²) in [6, 6.07) is 22.8. The molecule has 29 heavy (non-hydrogen) atoms. The van der Waals surface area contributed by atoms with Crippen molar-refractivity contribution in [1.82, 2.24) is 10.2 Å². The van der Waals surface area contributed by atoms with Gasteiger partial charge in [-0.15, -0.1) is 0 Å². The van der Waals surface area contributed by atoms with Gasteiger partial charge in [0.1, 0.15) is 5.75 Å². The summed E-state index contributed by atoms with van der Waals surface area (Å²) in [4.78, 5) is 26.7. The van der Waals surface area contributed by atoms with Crippen LogP contribution in [0.4, 0.5) is 4.79 Å². The summed E-state index contributed by atoms with van der Waals surface area (Å²) >= 11 is 0. The molecule has 1 aliphatic heterocycles. The molecule has 1 saturated heterocycles. The van der Waals surface area contributed by atoms with E-state index in [0.29, 0.717) is 36.9 Å². The van der Waals surface area contributed by atoms with Gasteiger partial charge in [-0.1, -0.05) is 54.6 Å². The number of carbonyl (C=O) groups excluding carboxylic acids is 2. The monoisotopic (exact) mass is 388 g/mol. The number of benzene rings is 3. The molecule has 0 saturated carbocycles. The van der Waals surface area contributed by atoms with Crippen molar-refractivity contribution in [2.24, 2.45) is 5.92 Å². The van der Waals surface area contributed by atoms with Crippen LogP contribution in [0.3, 0.4) is 0 Å². The predicted octanol–water partition coefficient (Wildman–Crippen LogP) is 4.48. The topological polar surface area (TPSA) is 58.6 Å². The molecule has 0 bridgehead atoms. The summed E-state index contributed by atoms with van der Waals surface area (Å²) in [5, 5.41) is 5.10. The van der Waals surface area contributed by atoms with Gasteiger partial charge in [-0.3, -0.25) is 4.79 Å². The Labute approximate surface area is 170 Å². The average molecular weight is 388 g/mol. The predicted molar refractivity (Wildman–Crippen MR) is 113 cm³/mol. The standard InChI is InChI=1S/C24H24N2O3/c27-23(22-12-6-8-19-7-4-5-11-21(19)22)25-17-18-13-15-26(16-14-18)24(28)29-20-9-2-1-3-10-20/h1-12,18H,13-17H2,(H,25,27). The Morgan fingerprint density at radius 1 is 0.897 bits per heavy atom. The second-order valence-corrected chi connectivity index (χ2v) is 7.35. The van der Waals surface area contributed by atoms with Gasteiger partial charge >= 0.3 is 6.09 Å². The molecule has 148 valence electrons. The van der Waals surface area contributed by atoms with Crippen LogP contribution >= 0.6 is 0 Å². The summed E-state index contributed by atoms with van der Waals surface area (Å²) in [7, 11) is 0. The molecule has 0 radical (unpaired) electrons. The van der Waals surface area contributed by atoms with Gasteiger partial charge in [0.25, 0.3) is 5.91 Å². The lowest BCUT2D eigenvalue weighted by Gasteiger charge is -2.31. The van der Waals surface area contributed by atoms with E-state index in [4.69, 9.17) is 4.74 Å². The first-order valence-corrected chi connectivity index (χ1v) is 9.98. The fraction of sp³-hybridized carbons (Fsp3) is 0.250. The fourth-order valence-corrected chi connectivity index (χ4v) is 3.73. The number of hydrogen-bond acceptors (Lipinski definition) is 3.